The van der Waals surface area contributed by atoms with Crippen molar-refractivity contribution in [1.82, 2.24) is 0 Å². The summed E-state index contributed by atoms with van der Waals surface area (Å²) in [6, 6.07) is 19.8. The van der Waals surface area contributed by atoms with Gasteiger partial charge in [-0.3, -0.25) is 0 Å². The van der Waals surface area contributed by atoms with Crippen molar-refractivity contribution in [3.05, 3.63) is 75.2 Å². The summed E-state index contributed by atoms with van der Waals surface area (Å²) in [6.45, 7) is 0. The van der Waals surface area contributed by atoms with E-state index in [0.717, 1.165) is 37.1 Å². The second-order valence-corrected chi connectivity index (χ2v) is 7.22. The fraction of sp³-hybridized carbons (Fsp3) is 0. The Labute approximate surface area is 158 Å². The minimum absolute atomic E-state index is 0.651. The maximum Gasteiger partial charge on any atom is 0.0583 e. The number of benzene rings is 4. The van der Waals surface area contributed by atoms with Crippen LogP contribution >= 0.6 is 39.1 Å². The summed E-state index contributed by atoms with van der Waals surface area (Å²) in [5, 5.41) is 5.32. The van der Waals surface area contributed by atoms with Gasteiger partial charge in [-0.15, -0.1) is 0 Å². The third kappa shape index (κ3) is 2.37. The Morgan fingerprint density at radius 3 is 2.08 bits per heavy atom. The van der Waals surface area contributed by atoms with Gasteiger partial charge in [-0.25, -0.2) is 0 Å². The largest absolute Gasteiger partial charge is 0.398 e. The third-order valence-corrected chi connectivity index (χ3v) is 5.77. The topological polar surface area (TPSA) is 26.0 Å². The lowest BCUT2D eigenvalue weighted by Crippen LogP contribution is -1.90. The van der Waals surface area contributed by atoms with E-state index in [2.05, 4.69) is 28.1 Å². The van der Waals surface area contributed by atoms with Crippen molar-refractivity contribution < 1.29 is 0 Å². The fourth-order valence-electron chi connectivity index (χ4n) is 3.07. The molecule has 24 heavy (non-hydrogen) atoms. The molecule has 0 saturated heterocycles. The quantitative estimate of drug-likeness (QED) is 0.323. The first-order chi connectivity index (χ1) is 11.6. The molecule has 0 bridgehead atoms. The van der Waals surface area contributed by atoms with Gasteiger partial charge >= 0.3 is 0 Å². The summed E-state index contributed by atoms with van der Waals surface area (Å²) >= 11 is 16.8. The molecule has 0 amide bonds. The molecule has 0 spiro atoms. The number of nitrogen functional groups attached to an aromatic ring is 1. The van der Waals surface area contributed by atoms with Crippen LogP contribution in [0.5, 0.6) is 0 Å². The van der Waals surface area contributed by atoms with Crippen LogP contribution in [-0.2, 0) is 0 Å². The fourth-order valence-corrected chi connectivity index (χ4v) is 4.63. The van der Waals surface area contributed by atoms with E-state index in [0.29, 0.717) is 15.7 Å². The zero-order valence-corrected chi connectivity index (χ0v) is 15.6. The van der Waals surface area contributed by atoms with Crippen molar-refractivity contribution in [3.8, 4) is 11.1 Å². The Morgan fingerprint density at radius 2 is 1.33 bits per heavy atom. The Morgan fingerprint density at radius 1 is 0.708 bits per heavy atom. The van der Waals surface area contributed by atoms with E-state index in [1.165, 1.54) is 0 Å². The lowest BCUT2D eigenvalue weighted by molar-refractivity contribution is 1.64. The Hall–Kier alpha value is -1.74. The summed E-state index contributed by atoms with van der Waals surface area (Å²) in [4.78, 5) is 0. The molecule has 2 N–H and O–H groups in total. The van der Waals surface area contributed by atoms with E-state index in [1.54, 1.807) is 0 Å². The molecule has 0 fully saturated rings. The van der Waals surface area contributed by atoms with Gasteiger partial charge in [0.2, 0.25) is 0 Å². The zero-order valence-electron chi connectivity index (χ0n) is 12.5. The standard InChI is InChI=1S/C20H12BrCl2N/c21-19-13(9-7-11-3-1-5-15(22)17(11)19)14-10-8-12-4-2-6-16(24)18(12)20(14)23/h1-10H,24H2. The lowest BCUT2D eigenvalue weighted by atomic mass is 9.98. The number of rotatable bonds is 1. The summed E-state index contributed by atoms with van der Waals surface area (Å²) in [6.07, 6.45) is 0. The van der Waals surface area contributed by atoms with Crippen LogP contribution in [0.1, 0.15) is 0 Å². The highest BCUT2D eigenvalue weighted by Crippen LogP contribution is 2.43. The molecule has 0 aliphatic carbocycles. The van der Waals surface area contributed by atoms with E-state index in [9.17, 15) is 0 Å². The number of nitrogens with two attached hydrogens (primary N) is 1. The molecule has 0 radical (unpaired) electrons. The van der Waals surface area contributed by atoms with Crippen LogP contribution in [0.4, 0.5) is 5.69 Å². The predicted octanol–water partition coefficient (Wildman–Crippen LogP) is 7.31. The average Bonchev–Trinajstić information content (AvgIpc) is 2.56. The van der Waals surface area contributed by atoms with Gasteiger partial charge in [-0.1, -0.05) is 71.7 Å². The first kappa shape index (κ1) is 15.8. The minimum atomic E-state index is 0.651. The summed E-state index contributed by atoms with van der Waals surface area (Å²) in [5.41, 5.74) is 8.73. The number of anilines is 1. The van der Waals surface area contributed by atoms with E-state index in [-0.39, 0.29) is 0 Å². The van der Waals surface area contributed by atoms with Crippen molar-refractivity contribution in [1.29, 1.82) is 0 Å². The van der Waals surface area contributed by atoms with Gasteiger partial charge in [0.1, 0.15) is 0 Å². The maximum absolute atomic E-state index is 6.71. The highest BCUT2D eigenvalue weighted by molar-refractivity contribution is 9.10. The van der Waals surface area contributed by atoms with Gasteiger partial charge in [0.25, 0.3) is 0 Å². The first-order valence-electron chi connectivity index (χ1n) is 7.42. The molecule has 0 aromatic heterocycles. The molecule has 0 heterocycles. The Balaban J connectivity index is 2.07. The van der Waals surface area contributed by atoms with Crippen LogP contribution in [0.25, 0.3) is 32.7 Å². The number of halogens is 3. The van der Waals surface area contributed by atoms with Gasteiger partial charge in [0.15, 0.2) is 0 Å². The van der Waals surface area contributed by atoms with Crippen LogP contribution in [0.15, 0.2) is 65.1 Å². The van der Waals surface area contributed by atoms with Crippen LogP contribution in [-0.4, -0.2) is 0 Å². The van der Waals surface area contributed by atoms with Crippen molar-refractivity contribution in [2.24, 2.45) is 0 Å². The molecule has 4 aromatic carbocycles. The first-order valence-corrected chi connectivity index (χ1v) is 8.96. The van der Waals surface area contributed by atoms with Crippen LogP contribution in [0.3, 0.4) is 0 Å². The van der Waals surface area contributed by atoms with E-state index < -0.39 is 0 Å². The van der Waals surface area contributed by atoms with Crippen molar-refractivity contribution in [2.45, 2.75) is 0 Å². The Kier molecular flexibility index (Phi) is 3.92. The van der Waals surface area contributed by atoms with Crippen LogP contribution < -0.4 is 5.73 Å². The lowest BCUT2D eigenvalue weighted by Gasteiger charge is -2.13. The zero-order chi connectivity index (χ0) is 16.8. The second-order valence-electron chi connectivity index (χ2n) is 5.64. The van der Waals surface area contributed by atoms with E-state index in [1.807, 2.05) is 48.5 Å². The van der Waals surface area contributed by atoms with E-state index >= 15 is 0 Å². The molecular weight excluding hydrogens is 405 g/mol. The van der Waals surface area contributed by atoms with Crippen molar-refractivity contribution >= 4 is 66.4 Å². The van der Waals surface area contributed by atoms with Gasteiger partial charge in [-0.05, 0) is 44.4 Å². The minimum Gasteiger partial charge on any atom is -0.398 e. The normalized spacial score (nSPS) is 11.3. The molecule has 0 unspecified atom stereocenters. The van der Waals surface area contributed by atoms with Crippen molar-refractivity contribution in [3.63, 3.8) is 0 Å². The molecule has 0 saturated carbocycles. The molecule has 118 valence electrons. The number of hydrogen-bond acceptors (Lipinski definition) is 1. The van der Waals surface area contributed by atoms with Gasteiger partial charge in [0.05, 0.1) is 5.02 Å². The molecule has 4 heteroatoms. The number of hydrogen-bond donors (Lipinski definition) is 1. The smallest absolute Gasteiger partial charge is 0.0583 e. The van der Waals surface area contributed by atoms with Crippen LogP contribution in [0, 0.1) is 0 Å². The number of fused-ring (bicyclic) bond motifs is 2. The summed E-state index contributed by atoms with van der Waals surface area (Å²) in [5.74, 6) is 0. The molecule has 0 aliphatic rings. The van der Waals surface area contributed by atoms with Gasteiger partial charge in [-0.2, -0.15) is 0 Å². The maximum atomic E-state index is 6.71. The van der Waals surface area contributed by atoms with Gasteiger partial charge < -0.3 is 5.73 Å². The molecule has 4 aromatic rings. The molecule has 4 rings (SSSR count). The highest BCUT2D eigenvalue weighted by atomic mass is 79.9. The predicted molar refractivity (Wildman–Crippen MR) is 109 cm³/mol. The summed E-state index contributed by atoms with van der Waals surface area (Å²) < 4.78 is 0.932. The second kappa shape index (κ2) is 5.96. The monoisotopic (exact) mass is 415 g/mol. The van der Waals surface area contributed by atoms with Gasteiger partial charge in [0, 0.05) is 31.5 Å². The van der Waals surface area contributed by atoms with E-state index in [4.69, 9.17) is 28.9 Å². The highest BCUT2D eigenvalue weighted by Gasteiger charge is 2.15. The SMILES string of the molecule is Nc1cccc2ccc(-c3ccc4cccc(Cl)c4c3Br)c(Cl)c12. The summed E-state index contributed by atoms with van der Waals surface area (Å²) in [7, 11) is 0. The van der Waals surface area contributed by atoms with Crippen molar-refractivity contribution in [2.75, 3.05) is 5.73 Å². The average molecular weight is 417 g/mol. The molecule has 0 atom stereocenters. The Bertz CT molecular complexity index is 1020. The molecule has 0 aliphatic heterocycles. The molecule has 1 nitrogen and oxygen atoms in total. The molecular formula is C20H12BrCl2N. The van der Waals surface area contributed by atoms with Crippen LogP contribution in [0.2, 0.25) is 10.0 Å². The third-order valence-electron chi connectivity index (χ3n) is 4.24.